The predicted octanol–water partition coefficient (Wildman–Crippen LogP) is 2.46. The van der Waals surface area contributed by atoms with Gasteiger partial charge in [-0.15, -0.1) is 0 Å². The zero-order valence-corrected chi connectivity index (χ0v) is 9.08. The molecule has 17 heavy (non-hydrogen) atoms. The first-order chi connectivity index (χ1) is 8.40. The Kier molecular flexibility index (Phi) is 3.60. The van der Waals surface area contributed by atoms with Gasteiger partial charge < -0.3 is 4.98 Å². The molecule has 0 bridgehead atoms. The van der Waals surface area contributed by atoms with Crippen LogP contribution in [0.4, 0.5) is 0 Å². The van der Waals surface area contributed by atoms with Crippen molar-refractivity contribution in [3.8, 4) is 0 Å². The molecule has 0 saturated heterocycles. The number of rotatable bonds is 1. The van der Waals surface area contributed by atoms with E-state index in [1.54, 1.807) is 0 Å². The second kappa shape index (κ2) is 5.55. The van der Waals surface area contributed by atoms with E-state index in [0.29, 0.717) is 12.0 Å². The van der Waals surface area contributed by atoms with Crippen LogP contribution < -0.4 is 0 Å². The van der Waals surface area contributed by atoms with Gasteiger partial charge in [0.15, 0.2) is 6.29 Å². The third kappa shape index (κ3) is 2.98. The van der Waals surface area contributed by atoms with Gasteiger partial charge in [-0.05, 0) is 12.1 Å². The molecule has 0 amide bonds. The molecule has 2 heterocycles. The molecule has 0 aliphatic heterocycles. The lowest BCUT2D eigenvalue weighted by atomic mass is 10.2. The van der Waals surface area contributed by atoms with Gasteiger partial charge >= 0.3 is 0 Å². The van der Waals surface area contributed by atoms with Crippen molar-refractivity contribution in [3.63, 3.8) is 0 Å². The largest absolute Gasteiger partial charge is 0.350 e. The lowest BCUT2D eigenvalue weighted by molar-refractivity contribution is 0.111. The minimum absolute atomic E-state index is 0.444. The number of H-pyrrole nitrogens is 1. The number of hydrogen-bond donors (Lipinski definition) is 1. The van der Waals surface area contributed by atoms with Gasteiger partial charge in [-0.2, -0.15) is 0 Å². The molecule has 0 radical (unpaired) electrons. The maximum atomic E-state index is 9.79. The van der Waals surface area contributed by atoms with Crippen molar-refractivity contribution < 1.29 is 4.79 Å². The molecule has 0 aliphatic rings. The van der Waals surface area contributed by atoms with Crippen molar-refractivity contribution in [2.24, 2.45) is 0 Å². The monoisotopic (exact) mass is 225 g/mol. The molecule has 3 aromatic rings. The number of carbonyl (C=O) groups excluding carboxylic acids is 1. The Morgan fingerprint density at radius 1 is 1.06 bits per heavy atom. The van der Waals surface area contributed by atoms with Crippen LogP contribution in [0.5, 0.6) is 0 Å². The van der Waals surface area contributed by atoms with Gasteiger partial charge in [0.25, 0.3) is 0 Å². The smallest absolute Gasteiger partial charge is 0.169 e. The van der Waals surface area contributed by atoms with Crippen LogP contribution in [0.3, 0.4) is 0 Å². The van der Waals surface area contributed by atoms with Crippen LogP contribution in [0.15, 0.2) is 55.1 Å². The number of para-hydroxylation sites is 1. The van der Waals surface area contributed by atoms with E-state index in [1.807, 2.05) is 30.5 Å². The molecule has 0 atom stereocenters. The highest BCUT2D eigenvalue weighted by molar-refractivity contribution is 5.77. The van der Waals surface area contributed by atoms with E-state index in [2.05, 4.69) is 27.1 Å². The van der Waals surface area contributed by atoms with Crippen LogP contribution in [-0.4, -0.2) is 21.2 Å². The van der Waals surface area contributed by atoms with Crippen LogP contribution >= 0.6 is 0 Å². The van der Waals surface area contributed by atoms with Gasteiger partial charge in [-0.3, -0.25) is 9.78 Å². The lowest BCUT2D eigenvalue weighted by Gasteiger charge is -1.91. The molecule has 3 rings (SSSR count). The van der Waals surface area contributed by atoms with Gasteiger partial charge in [0.05, 0.1) is 11.8 Å². The summed E-state index contributed by atoms with van der Waals surface area (Å²) in [5, 5.41) is 1.20. The summed E-state index contributed by atoms with van der Waals surface area (Å²) in [5.74, 6) is 0. The third-order valence-corrected chi connectivity index (χ3v) is 2.15. The fourth-order valence-corrected chi connectivity index (χ4v) is 1.35. The fraction of sp³-hybridized carbons (Fsp3) is 0. The maximum absolute atomic E-state index is 9.79. The Balaban J connectivity index is 0.000000136. The number of fused-ring (bicyclic) bond motifs is 1. The minimum Gasteiger partial charge on any atom is -0.350 e. The van der Waals surface area contributed by atoms with E-state index in [-0.39, 0.29) is 0 Å². The van der Waals surface area contributed by atoms with Crippen LogP contribution in [-0.2, 0) is 0 Å². The first-order valence-corrected chi connectivity index (χ1v) is 5.14. The number of aromatic amines is 1. The minimum atomic E-state index is 0.444. The van der Waals surface area contributed by atoms with Crippen LogP contribution in [0.25, 0.3) is 10.9 Å². The van der Waals surface area contributed by atoms with Crippen molar-refractivity contribution >= 4 is 17.2 Å². The first-order valence-electron chi connectivity index (χ1n) is 5.14. The summed E-state index contributed by atoms with van der Waals surface area (Å²) < 4.78 is 0. The van der Waals surface area contributed by atoms with E-state index in [0.717, 1.165) is 5.52 Å². The lowest BCUT2D eigenvalue weighted by Crippen LogP contribution is -1.73. The second-order valence-electron chi connectivity index (χ2n) is 3.31. The molecule has 1 aromatic carbocycles. The fourth-order valence-electron chi connectivity index (χ4n) is 1.35. The molecule has 0 fully saturated rings. The number of hydrogen-bond acceptors (Lipinski definition) is 3. The quantitative estimate of drug-likeness (QED) is 0.647. The standard InChI is InChI=1S/C9H7N.C4H4N2O/c1-2-6-9-8(4-1)5-3-7-10-9;7-2-4-1-5-3-6-4/h1-7H;1-3H,(H,5,6). The number of aldehydes is 1. The predicted molar refractivity (Wildman–Crippen MR) is 65.7 cm³/mol. The number of nitrogens with zero attached hydrogens (tertiary/aromatic N) is 2. The third-order valence-electron chi connectivity index (χ3n) is 2.15. The highest BCUT2D eigenvalue weighted by Gasteiger charge is 1.86. The van der Waals surface area contributed by atoms with Crippen molar-refractivity contribution in [2.45, 2.75) is 0 Å². The summed E-state index contributed by atoms with van der Waals surface area (Å²) in [4.78, 5) is 20.2. The Morgan fingerprint density at radius 3 is 2.53 bits per heavy atom. The summed E-state index contributed by atoms with van der Waals surface area (Å²) in [6.45, 7) is 0. The SMILES string of the molecule is O=Cc1c[nH]cn1.c1ccc2ncccc2c1. The second-order valence-corrected chi connectivity index (χ2v) is 3.31. The molecule has 84 valence electrons. The van der Waals surface area contributed by atoms with Crippen molar-refractivity contribution in [1.82, 2.24) is 15.0 Å². The van der Waals surface area contributed by atoms with E-state index in [4.69, 9.17) is 0 Å². The van der Waals surface area contributed by atoms with Gasteiger partial charge in [-0.25, -0.2) is 4.98 Å². The topological polar surface area (TPSA) is 58.6 Å². The molecule has 0 spiro atoms. The molecule has 1 N–H and O–H groups in total. The molecule has 4 heteroatoms. The molecular weight excluding hydrogens is 214 g/mol. The van der Waals surface area contributed by atoms with Gasteiger partial charge in [-0.1, -0.05) is 24.3 Å². The van der Waals surface area contributed by atoms with Crippen molar-refractivity contribution in [3.05, 3.63) is 60.8 Å². The van der Waals surface area contributed by atoms with E-state index in [9.17, 15) is 4.79 Å². The van der Waals surface area contributed by atoms with Crippen LogP contribution in [0.2, 0.25) is 0 Å². The number of aromatic nitrogens is 3. The first kappa shape index (κ1) is 11.0. The molecule has 0 unspecified atom stereocenters. The average Bonchev–Trinajstić information content (AvgIpc) is 2.93. The summed E-state index contributed by atoms with van der Waals surface area (Å²) in [5.41, 5.74) is 1.50. The summed E-state index contributed by atoms with van der Waals surface area (Å²) >= 11 is 0. The Hall–Kier alpha value is -2.49. The molecular formula is C13H11N3O. The summed E-state index contributed by atoms with van der Waals surface area (Å²) in [7, 11) is 0. The zero-order valence-electron chi connectivity index (χ0n) is 9.08. The number of benzene rings is 1. The van der Waals surface area contributed by atoms with Crippen molar-refractivity contribution in [1.29, 1.82) is 0 Å². The summed E-state index contributed by atoms with van der Waals surface area (Å²) in [6.07, 6.45) is 5.50. The highest BCUT2D eigenvalue weighted by Crippen LogP contribution is 2.07. The van der Waals surface area contributed by atoms with Gasteiger partial charge in [0, 0.05) is 17.8 Å². The molecule has 4 nitrogen and oxygen atoms in total. The van der Waals surface area contributed by atoms with E-state index in [1.165, 1.54) is 17.9 Å². The molecule has 0 aliphatic carbocycles. The Labute approximate surface area is 98.4 Å². The number of nitrogens with one attached hydrogen (secondary N) is 1. The average molecular weight is 225 g/mol. The van der Waals surface area contributed by atoms with Crippen LogP contribution in [0.1, 0.15) is 10.5 Å². The van der Waals surface area contributed by atoms with Gasteiger partial charge in [0.2, 0.25) is 0 Å². The Bertz CT molecular complexity index is 525. The van der Waals surface area contributed by atoms with Crippen LogP contribution in [0, 0.1) is 0 Å². The number of pyridine rings is 1. The summed E-state index contributed by atoms with van der Waals surface area (Å²) in [6, 6.07) is 12.1. The normalized spacial score (nSPS) is 9.41. The van der Waals surface area contributed by atoms with Gasteiger partial charge in [0.1, 0.15) is 5.69 Å². The number of imidazole rings is 1. The maximum Gasteiger partial charge on any atom is 0.169 e. The highest BCUT2D eigenvalue weighted by atomic mass is 16.1. The molecule has 0 saturated carbocycles. The van der Waals surface area contributed by atoms with E-state index < -0.39 is 0 Å². The Morgan fingerprint density at radius 2 is 1.88 bits per heavy atom. The van der Waals surface area contributed by atoms with E-state index >= 15 is 0 Å². The van der Waals surface area contributed by atoms with Crippen molar-refractivity contribution in [2.75, 3.05) is 0 Å². The zero-order chi connectivity index (χ0) is 11.9. The number of carbonyl (C=O) groups is 1. The molecule has 2 aromatic heterocycles.